The van der Waals surface area contributed by atoms with E-state index in [1.165, 1.54) is 17.2 Å². The van der Waals surface area contributed by atoms with Gasteiger partial charge in [0.15, 0.2) is 0 Å². The van der Waals surface area contributed by atoms with Gasteiger partial charge in [-0.3, -0.25) is 4.98 Å². The number of nitrogens with zero attached hydrogens (tertiary/aromatic N) is 1. The van der Waals surface area contributed by atoms with Crippen molar-refractivity contribution in [1.29, 1.82) is 0 Å². The highest BCUT2D eigenvalue weighted by Gasteiger charge is 1.99. The molecule has 1 heterocycles. The van der Waals surface area contributed by atoms with Crippen molar-refractivity contribution in [2.45, 2.75) is 40.0 Å². The van der Waals surface area contributed by atoms with Crippen LogP contribution < -0.4 is 10.6 Å². The average molecular weight is 215 g/mol. The molecule has 0 atom stereocenters. The van der Waals surface area contributed by atoms with Crippen molar-refractivity contribution < 1.29 is 0 Å². The Balaban J connectivity index is 3.43. The second-order valence-corrected chi connectivity index (χ2v) is 3.97. The molecule has 0 spiro atoms. The second-order valence-electron chi connectivity index (χ2n) is 3.97. The lowest BCUT2D eigenvalue weighted by atomic mass is 10.1. The topological polar surface area (TPSA) is 12.9 Å². The Bertz CT molecular complexity index is 469. The van der Waals surface area contributed by atoms with E-state index in [0.717, 1.165) is 23.9 Å². The molecule has 0 saturated heterocycles. The van der Waals surface area contributed by atoms with E-state index < -0.39 is 0 Å². The number of hydrogen-bond acceptors (Lipinski definition) is 1. The van der Waals surface area contributed by atoms with Gasteiger partial charge in [-0.25, -0.2) is 0 Å². The largest absolute Gasteiger partial charge is 0.253 e. The summed E-state index contributed by atoms with van der Waals surface area (Å²) in [6.07, 6.45) is 9.31. The van der Waals surface area contributed by atoms with Crippen molar-refractivity contribution in [3.8, 4) is 0 Å². The lowest BCUT2D eigenvalue weighted by Gasteiger charge is -2.03. The Morgan fingerprint density at radius 3 is 2.69 bits per heavy atom. The maximum Gasteiger partial charge on any atom is 0.0701 e. The van der Waals surface area contributed by atoms with Crippen molar-refractivity contribution in [2.75, 3.05) is 0 Å². The van der Waals surface area contributed by atoms with E-state index in [9.17, 15) is 0 Å². The molecule has 1 aromatic heterocycles. The van der Waals surface area contributed by atoms with Crippen LogP contribution >= 0.6 is 0 Å². The standard InChI is InChI=1S/C15H21N/c1-5-8-13-11-14(9-6-2)15(10-7-3)16-12(13)4/h7,9-11H,3,5-6,8H2,1-2,4H3/b14-9-,15-10+. The molecule has 86 valence electrons. The third-order valence-electron chi connectivity index (χ3n) is 2.60. The Morgan fingerprint density at radius 2 is 2.12 bits per heavy atom. The molecule has 1 heteroatoms. The molecule has 0 unspecified atom stereocenters. The molecule has 0 N–H and O–H groups in total. The fraction of sp³-hybridized carbons (Fsp3) is 0.400. The van der Waals surface area contributed by atoms with Crippen LogP contribution in [0, 0.1) is 6.92 Å². The molecule has 1 aromatic rings. The SMILES string of the molecule is C=C/C=c1/nc(C)c(CCC)c/c1=C/CC. The highest BCUT2D eigenvalue weighted by atomic mass is 14.7. The average Bonchev–Trinajstić information content (AvgIpc) is 2.25. The number of aryl methyl sites for hydroxylation is 2. The van der Waals surface area contributed by atoms with Crippen LogP contribution in [-0.2, 0) is 6.42 Å². The smallest absolute Gasteiger partial charge is 0.0701 e. The zero-order chi connectivity index (χ0) is 12.0. The van der Waals surface area contributed by atoms with Crippen LogP contribution in [0.2, 0.25) is 0 Å². The molecular formula is C15H21N. The fourth-order valence-electron chi connectivity index (χ4n) is 1.83. The maximum atomic E-state index is 4.64. The summed E-state index contributed by atoms with van der Waals surface area (Å²) in [5.74, 6) is 0. The highest BCUT2D eigenvalue weighted by molar-refractivity contribution is 5.38. The minimum Gasteiger partial charge on any atom is -0.253 e. The van der Waals surface area contributed by atoms with E-state index in [1.54, 1.807) is 6.08 Å². The van der Waals surface area contributed by atoms with Crippen LogP contribution in [0.25, 0.3) is 12.2 Å². The summed E-state index contributed by atoms with van der Waals surface area (Å²) in [5, 5.41) is 2.27. The highest BCUT2D eigenvalue weighted by Crippen LogP contribution is 2.02. The summed E-state index contributed by atoms with van der Waals surface area (Å²) in [6.45, 7) is 10.2. The van der Waals surface area contributed by atoms with Crippen LogP contribution in [0.15, 0.2) is 18.7 Å². The molecule has 1 nitrogen and oxygen atoms in total. The molecule has 0 aliphatic rings. The number of allylic oxidation sites excluding steroid dienone is 1. The van der Waals surface area contributed by atoms with E-state index in [4.69, 9.17) is 0 Å². The predicted molar refractivity (Wildman–Crippen MR) is 71.6 cm³/mol. The first-order valence-electron chi connectivity index (χ1n) is 6.02. The van der Waals surface area contributed by atoms with Crippen molar-refractivity contribution in [3.63, 3.8) is 0 Å². The number of aromatic nitrogens is 1. The van der Waals surface area contributed by atoms with Gasteiger partial charge in [0.1, 0.15) is 0 Å². The number of pyridine rings is 1. The van der Waals surface area contributed by atoms with Crippen molar-refractivity contribution in [2.24, 2.45) is 0 Å². The predicted octanol–water partition coefficient (Wildman–Crippen LogP) is 2.50. The summed E-state index contributed by atoms with van der Waals surface area (Å²) in [6, 6.07) is 2.27. The molecule has 0 amide bonds. The van der Waals surface area contributed by atoms with Gasteiger partial charge in [0.2, 0.25) is 0 Å². The van der Waals surface area contributed by atoms with Crippen LogP contribution in [0.3, 0.4) is 0 Å². The Morgan fingerprint density at radius 1 is 1.38 bits per heavy atom. The zero-order valence-corrected chi connectivity index (χ0v) is 10.6. The van der Waals surface area contributed by atoms with Crippen LogP contribution in [0.5, 0.6) is 0 Å². The minimum atomic E-state index is 1.04. The van der Waals surface area contributed by atoms with E-state index >= 15 is 0 Å². The molecular weight excluding hydrogens is 194 g/mol. The molecule has 16 heavy (non-hydrogen) atoms. The normalized spacial score (nSPS) is 13.2. The quantitative estimate of drug-likeness (QED) is 0.752. The molecule has 0 fully saturated rings. The van der Waals surface area contributed by atoms with E-state index in [2.05, 4.69) is 44.5 Å². The van der Waals surface area contributed by atoms with Gasteiger partial charge in [-0.2, -0.15) is 0 Å². The van der Waals surface area contributed by atoms with Gasteiger partial charge in [-0.05, 0) is 42.7 Å². The van der Waals surface area contributed by atoms with Crippen LogP contribution in [0.1, 0.15) is 37.9 Å². The number of rotatable bonds is 4. The van der Waals surface area contributed by atoms with Crippen molar-refractivity contribution >= 4 is 12.2 Å². The van der Waals surface area contributed by atoms with Gasteiger partial charge in [-0.15, -0.1) is 0 Å². The molecule has 0 aromatic carbocycles. The Kier molecular flexibility index (Phi) is 4.97. The molecule has 1 rings (SSSR count). The lowest BCUT2D eigenvalue weighted by Crippen LogP contribution is -2.29. The van der Waals surface area contributed by atoms with Gasteiger partial charge in [-0.1, -0.05) is 39.0 Å². The lowest BCUT2D eigenvalue weighted by molar-refractivity contribution is 0.891. The molecule has 0 bridgehead atoms. The molecule has 0 aliphatic carbocycles. The van der Waals surface area contributed by atoms with E-state index in [1.807, 2.05) is 6.08 Å². The van der Waals surface area contributed by atoms with Crippen molar-refractivity contribution in [3.05, 3.63) is 40.5 Å². The van der Waals surface area contributed by atoms with Gasteiger partial charge in [0.25, 0.3) is 0 Å². The zero-order valence-electron chi connectivity index (χ0n) is 10.6. The monoisotopic (exact) mass is 215 g/mol. The first kappa shape index (κ1) is 12.7. The minimum absolute atomic E-state index is 1.04. The third-order valence-corrected chi connectivity index (χ3v) is 2.60. The van der Waals surface area contributed by atoms with Gasteiger partial charge < -0.3 is 0 Å². The fourth-order valence-corrected chi connectivity index (χ4v) is 1.83. The molecule has 0 saturated carbocycles. The summed E-state index contributed by atoms with van der Waals surface area (Å²) < 4.78 is 0. The maximum absolute atomic E-state index is 4.64. The molecule has 0 radical (unpaired) electrons. The second kappa shape index (κ2) is 6.26. The summed E-state index contributed by atoms with van der Waals surface area (Å²) in [5.41, 5.74) is 2.51. The van der Waals surface area contributed by atoms with Gasteiger partial charge >= 0.3 is 0 Å². The first-order chi connectivity index (χ1) is 7.72. The van der Waals surface area contributed by atoms with E-state index in [-0.39, 0.29) is 0 Å². The summed E-state index contributed by atoms with van der Waals surface area (Å²) in [4.78, 5) is 4.64. The first-order valence-corrected chi connectivity index (χ1v) is 6.02. The molecule has 0 aliphatic heterocycles. The van der Waals surface area contributed by atoms with Crippen LogP contribution in [0.4, 0.5) is 0 Å². The van der Waals surface area contributed by atoms with Gasteiger partial charge in [0, 0.05) is 5.69 Å². The van der Waals surface area contributed by atoms with Gasteiger partial charge in [0.05, 0.1) is 5.35 Å². The Hall–Kier alpha value is -1.37. The third kappa shape index (κ3) is 3.06. The summed E-state index contributed by atoms with van der Waals surface area (Å²) >= 11 is 0. The Labute approximate surface area is 98.2 Å². The van der Waals surface area contributed by atoms with Crippen LogP contribution in [-0.4, -0.2) is 4.98 Å². The summed E-state index contributed by atoms with van der Waals surface area (Å²) in [7, 11) is 0. The van der Waals surface area contributed by atoms with E-state index in [0.29, 0.717) is 0 Å². The van der Waals surface area contributed by atoms with Crippen molar-refractivity contribution in [1.82, 2.24) is 4.98 Å². The number of hydrogen-bond donors (Lipinski definition) is 0.